The third kappa shape index (κ3) is 1.87. The average Bonchev–Trinajstić information content (AvgIpc) is 2.66. The van der Waals surface area contributed by atoms with E-state index in [2.05, 4.69) is 15.9 Å². The van der Waals surface area contributed by atoms with E-state index in [4.69, 9.17) is 9.72 Å². The van der Waals surface area contributed by atoms with Gasteiger partial charge in [0.1, 0.15) is 11.2 Å². The molecule has 1 saturated carbocycles. The topological polar surface area (TPSA) is 44.1 Å². The highest BCUT2D eigenvalue weighted by molar-refractivity contribution is 9.10. The van der Waals surface area contributed by atoms with Crippen LogP contribution in [0, 0.1) is 0 Å². The molecule has 1 fully saturated rings. The molecular formula is C15H17BrN2O2. The summed E-state index contributed by atoms with van der Waals surface area (Å²) in [7, 11) is 1.97. The van der Waals surface area contributed by atoms with Crippen molar-refractivity contribution in [1.82, 2.24) is 9.55 Å². The Morgan fingerprint density at radius 3 is 2.85 bits per heavy atom. The number of benzene rings is 1. The van der Waals surface area contributed by atoms with Crippen molar-refractivity contribution in [3.63, 3.8) is 0 Å². The second-order valence-corrected chi connectivity index (χ2v) is 6.20. The van der Waals surface area contributed by atoms with E-state index in [9.17, 15) is 4.79 Å². The predicted molar refractivity (Wildman–Crippen MR) is 80.6 cm³/mol. The molecule has 3 rings (SSSR count). The number of carbonyl (C=O) groups is 1. The molecule has 0 amide bonds. The van der Waals surface area contributed by atoms with Crippen LogP contribution < -0.4 is 0 Å². The summed E-state index contributed by atoms with van der Waals surface area (Å²) in [5, 5.41) is 0. The van der Waals surface area contributed by atoms with Gasteiger partial charge in [0.2, 0.25) is 0 Å². The number of rotatable bonds is 3. The molecule has 0 radical (unpaired) electrons. The van der Waals surface area contributed by atoms with Gasteiger partial charge in [-0.15, -0.1) is 0 Å². The molecule has 1 aromatic carbocycles. The first kappa shape index (κ1) is 13.6. The molecular weight excluding hydrogens is 320 g/mol. The Morgan fingerprint density at radius 2 is 2.25 bits per heavy atom. The molecule has 2 aromatic rings. The van der Waals surface area contributed by atoms with Crippen LogP contribution in [0.5, 0.6) is 0 Å². The summed E-state index contributed by atoms with van der Waals surface area (Å²) in [4.78, 5) is 17.1. The van der Waals surface area contributed by atoms with Crippen molar-refractivity contribution in [2.45, 2.75) is 31.6 Å². The zero-order valence-corrected chi connectivity index (χ0v) is 13.2. The van der Waals surface area contributed by atoms with Crippen molar-refractivity contribution in [2.75, 3.05) is 6.61 Å². The smallest absolute Gasteiger partial charge is 0.319 e. The zero-order valence-electron chi connectivity index (χ0n) is 11.6. The fourth-order valence-electron chi connectivity index (χ4n) is 2.92. The van der Waals surface area contributed by atoms with E-state index in [1.165, 1.54) is 0 Å². The standard InChI is InChI=1S/C15H17BrN2O2/c1-3-20-14(19)15(7-4-8-15)13-17-11-9-10(16)5-6-12(11)18(13)2/h5-6,9H,3-4,7-8H2,1-2H3. The number of carbonyl (C=O) groups excluding carboxylic acids is 1. The third-order valence-electron chi connectivity index (χ3n) is 4.14. The number of hydrogen-bond donors (Lipinski definition) is 0. The molecule has 4 nitrogen and oxygen atoms in total. The van der Waals surface area contributed by atoms with Crippen molar-refractivity contribution in [1.29, 1.82) is 0 Å². The van der Waals surface area contributed by atoms with E-state index < -0.39 is 5.41 Å². The summed E-state index contributed by atoms with van der Waals surface area (Å²) < 4.78 is 8.30. The zero-order chi connectivity index (χ0) is 14.3. The first-order valence-electron chi connectivity index (χ1n) is 6.88. The summed E-state index contributed by atoms with van der Waals surface area (Å²) in [6, 6.07) is 6.00. The van der Waals surface area contributed by atoms with Crippen LogP contribution in [0.25, 0.3) is 11.0 Å². The number of imidazole rings is 1. The van der Waals surface area contributed by atoms with Crippen LogP contribution in [-0.2, 0) is 22.0 Å². The molecule has 0 aliphatic heterocycles. The first-order chi connectivity index (χ1) is 9.58. The Bertz CT molecular complexity index is 674. The van der Waals surface area contributed by atoms with Crippen LogP contribution in [0.3, 0.4) is 0 Å². The van der Waals surface area contributed by atoms with Gasteiger partial charge in [-0.25, -0.2) is 4.98 Å². The normalized spacial score (nSPS) is 16.9. The number of esters is 1. The van der Waals surface area contributed by atoms with Crippen LogP contribution in [0.15, 0.2) is 22.7 Å². The maximum absolute atomic E-state index is 12.4. The molecule has 5 heteroatoms. The Hall–Kier alpha value is -1.36. The first-order valence-corrected chi connectivity index (χ1v) is 7.67. The van der Waals surface area contributed by atoms with E-state index in [0.29, 0.717) is 6.61 Å². The Balaban J connectivity index is 2.13. The van der Waals surface area contributed by atoms with Gasteiger partial charge in [-0.05, 0) is 38.0 Å². The number of ether oxygens (including phenoxy) is 1. The molecule has 0 N–H and O–H groups in total. The Kier molecular flexibility index (Phi) is 3.32. The van der Waals surface area contributed by atoms with Gasteiger partial charge in [0, 0.05) is 11.5 Å². The maximum Gasteiger partial charge on any atom is 0.319 e. The predicted octanol–water partition coefficient (Wildman–Crippen LogP) is 3.32. The monoisotopic (exact) mass is 336 g/mol. The van der Waals surface area contributed by atoms with Crippen LogP contribution in [0.1, 0.15) is 32.0 Å². The summed E-state index contributed by atoms with van der Waals surface area (Å²) in [5.74, 6) is 0.694. The molecule has 0 saturated heterocycles. The highest BCUT2D eigenvalue weighted by Crippen LogP contribution is 2.45. The second-order valence-electron chi connectivity index (χ2n) is 5.28. The number of aromatic nitrogens is 2. The summed E-state index contributed by atoms with van der Waals surface area (Å²) >= 11 is 3.46. The van der Waals surface area contributed by atoms with Gasteiger partial charge in [-0.2, -0.15) is 0 Å². The van der Waals surface area contributed by atoms with Gasteiger partial charge in [-0.3, -0.25) is 4.79 Å². The van der Waals surface area contributed by atoms with Gasteiger partial charge in [0.05, 0.1) is 17.6 Å². The number of halogens is 1. The van der Waals surface area contributed by atoms with Crippen LogP contribution in [0.4, 0.5) is 0 Å². The molecule has 106 valence electrons. The van der Waals surface area contributed by atoms with Crippen LogP contribution >= 0.6 is 15.9 Å². The highest BCUT2D eigenvalue weighted by atomic mass is 79.9. The quantitative estimate of drug-likeness (QED) is 0.807. The van der Waals surface area contributed by atoms with E-state index in [1.54, 1.807) is 0 Å². The molecule has 1 aliphatic carbocycles. The number of fused-ring (bicyclic) bond motifs is 1. The van der Waals surface area contributed by atoms with Gasteiger partial charge in [0.25, 0.3) is 0 Å². The minimum absolute atomic E-state index is 0.135. The second kappa shape index (κ2) is 4.88. The van der Waals surface area contributed by atoms with Crippen molar-refractivity contribution in [3.05, 3.63) is 28.5 Å². The summed E-state index contributed by atoms with van der Waals surface area (Å²) in [6.45, 7) is 2.26. The SMILES string of the molecule is CCOC(=O)C1(c2nc3cc(Br)ccc3n2C)CCC1. The fourth-order valence-corrected chi connectivity index (χ4v) is 3.27. The van der Waals surface area contributed by atoms with E-state index in [1.807, 2.05) is 36.7 Å². The van der Waals surface area contributed by atoms with Gasteiger partial charge < -0.3 is 9.30 Å². The molecule has 0 unspecified atom stereocenters. The summed E-state index contributed by atoms with van der Waals surface area (Å²) in [6.07, 6.45) is 2.69. The maximum atomic E-state index is 12.4. The van der Waals surface area contributed by atoms with Crippen LogP contribution in [0.2, 0.25) is 0 Å². The van der Waals surface area contributed by atoms with Crippen molar-refractivity contribution in [3.8, 4) is 0 Å². The molecule has 20 heavy (non-hydrogen) atoms. The lowest BCUT2D eigenvalue weighted by atomic mass is 9.68. The fraction of sp³-hybridized carbons (Fsp3) is 0.467. The van der Waals surface area contributed by atoms with Crippen molar-refractivity contribution < 1.29 is 9.53 Å². The minimum atomic E-state index is -0.545. The Labute approximate surface area is 126 Å². The third-order valence-corrected chi connectivity index (χ3v) is 4.64. The molecule has 1 aliphatic rings. The van der Waals surface area contributed by atoms with Gasteiger partial charge in [-0.1, -0.05) is 22.4 Å². The lowest BCUT2D eigenvalue weighted by molar-refractivity contribution is -0.154. The molecule has 1 heterocycles. The molecule has 0 atom stereocenters. The van der Waals surface area contributed by atoms with Crippen molar-refractivity contribution in [2.24, 2.45) is 7.05 Å². The Morgan fingerprint density at radius 1 is 1.50 bits per heavy atom. The van der Waals surface area contributed by atoms with E-state index in [0.717, 1.165) is 40.6 Å². The lowest BCUT2D eigenvalue weighted by Gasteiger charge is -2.38. The van der Waals surface area contributed by atoms with E-state index in [-0.39, 0.29) is 5.97 Å². The van der Waals surface area contributed by atoms with Gasteiger partial charge >= 0.3 is 5.97 Å². The largest absolute Gasteiger partial charge is 0.465 e. The number of aryl methyl sites for hydroxylation is 1. The number of hydrogen-bond acceptors (Lipinski definition) is 3. The molecule has 1 aromatic heterocycles. The minimum Gasteiger partial charge on any atom is -0.465 e. The van der Waals surface area contributed by atoms with Crippen LogP contribution in [-0.4, -0.2) is 22.1 Å². The van der Waals surface area contributed by atoms with E-state index >= 15 is 0 Å². The summed E-state index contributed by atoms with van der Waals surface area (Å²) in [5.41, 5.74) is 1.40. The number of nitrogens with zero attached hydrogens (tertiary/aromatic N) is 2. The average molecular weight is 337 g/mol. The van der Waals surface area contributed by atoms with Crippen molar-refractivity contribution >= 4 is 32.9 Å². The molecule has 0 spiro atoms. The molecule has 0 bridgehead atoms. The highest BCUT2D eigenvalue weighted by Gasteiger charge is 2.50. The lowest BCUT2D eigenvalue weighted by Crippen LogP contribution is -2.45. The van der Waals surface area contributed by atoms with Gasteiger partial charge in [0.15, 0.2) is 0 Å².